The van der Waals surface area contributed by atoms with Gasteiger partial charge in [0.25, 0.3) is 0 Å². The largest absolute Gasteiger partial charge is 0.496 e. The van der Waals surface area contributed by atoms with Gasteiger partial charge in [-0.15, -0.1) is 0 Å². The Labute approximate surface area is 165 Å². The summed E-state index contributed by atoms with van der Waals surface area (Å²) < 4.78 is 6.56. The van der Waals surface area contributed by atoms with E-state index in [2.05, 4.69) is 34.1 Å². The number of aliphatic hydroxyl groups excluding tert-OH is 1. The summed E-state index contributed by atoms with van der Waals surface area (Å²) in [5.74, 6) is 0.949. The molecule has 27 heavy (non-hydrogen) atoms. The Kier molecular flexibility index (Phi) is 3.92. The van der Waals surface area contributed by atoms with Gasteiger partial charge >= 0.3 is 0 Å². The summed E-state index contributed by atoms with van der Waals surface area (Å²) in [5.41, 5.74) is 3.34. The van der Waals surface area contributed by atoms with Crippen LogP contribution in [-0.4, -0.2) is 29.1 Å². The number of carbonyl (C=O) groups is 1. The smallest absolute Gasteiger partial charge is 0.223 e. The summed E-state index contributed by atoms with van der Waals surface area (Å²) in [6.07, 6.45) is 2.50. The van der Waals surface area contributed by atoms with Gasteiger partial charge in [0.05, 0.1) is 13.7 Å². The highest BCUT2D eigenvalue weighted by Gasteiger charge is 2.36. The van der Waals surface area contributed by atoms with Gasteiger partial charge in [0.15, 0.2) is 0 Å². The minimum Gasteiger partial charge on any atom is -0.496 e. The van der Waals surface area contributed by atoms with Crippen LogP contribution in [0.15, 0.2) is 34.8 Å². The molecule has 1 fully saturated rings. The number of halogens is 1. The number of carbonyl (C=O) groups excluding carboxylic acids is 1. The van der Waals surface area contributed by atoms with Gasteiger partial charge in [0.2, 0.25) is 5.91 Å². The number of fused-ring (bicyclic) bond motifs is 7. The maximum absolute atomic E-state index is 12.3. The van der Waals surface area contributed by atoms with Crippen molar-refractivity contribution in [2.24, 2.45) is 0 Å². The minimum atomic E-state index is -0.0711. The Morgan fingerprint density at radius 1 is 1.15 bits per heavy atom. The van der Waals surface area contributed by atoms with Crippen LogP contribution >= 0.6 is 15.9 Å². The average molecular weight is 426 g/mol. The van der Waals surface area contributed by atoms with E-state index in [0.29, 0.717) is 24.8 Å². The molecule has 0 radical (unpaired) electrons. The second-order valence-corrected chi connectivity index (χ2v) is 8.35. The molecule has 5 heteroatoms. The van der Waals surface area contributed by atoms with E-state index in [1.807, 2.05) is 17.0 Å². The van der Waals surface area contributed by atoms with Crippen LogP contribution in [0.4, 0.5) is 0 Å². The van der Waals surface area contributed by atoms with Gasteiger partial charge in [0.1, 0.15) is 5.75 Å². The van der Waals surface area contributed by atoms with Crippen LogP contribution in [0, 0.1) is 0 Å². The summed E-state index contributed by atoms with van der Waals surface area (Å²) >= 11 is 3.60. The Morgan fingerprint density at radius 2 is 1.96 bits per heavy atom. The molecule has 0 spiro atoms. The summed E-state index contributed by atoms with van der Waals surface area (Å²) in [6.45, 7) is 0.585. The Morgan fingerprint density at radius 3 is 2.74 bits per heavy atom. The van der Waals surface area contributed by atoms with E-state index in [0.717, 1.165) is 33.7 Å². The van der Waals surface area contributed by atoms with Crippen LogP contribution in [0.25, 0.3) is 21.5 Å². The van der Waals surface area contributed by atoms with Crippen LogP contribution in [0.5, 0.6) is 5.75 Å². The second kappa shape index (κ2) is 6.21. The zero-order valence-electron chi connectivity index (χ0n) is 15.1. The lowest BCUT2D eigenvalue weighted by Crippen LogP contribution is -2.38. The zero-order chi connectivity index (χ0) is 18.7. The molecule has 3 aromatic rings. The molecule has 2 aliphatic rings. The Balaban J connectivity index is 1.89. The first kappa shape index (κ1) is 17.0. The summed E-state index contributed by atoms with van der Waals surface area (Å²) in [5, 5.41) is 14.4. The number of hydrogen-bond donors (Lipinski definition) is 1. The molecule has 0 bridgehead atoms. The number of benzene rings is 3. The van der Waals surface area contributed by atoms with Crippen molar-refractivity contribution in [1.82, 2.24) is 4.90 Å². The number of ether oxygens (including phenoxy) is 1. The number of aliphatic hydroxyl groups is 1. The third kappa shape index (κ3) is 2.48. The first-order chi connectivity index (χ1) is 13.1. The molecule has 1 amide bonds. The summed E-state index contributed by atoms with van der Waals surface area (Å²) in [7, 11) is 1.63. The maximum Gasteiger partial charge on any atom is 0.223 e. The highest BCUT2D eigenvalue weighted by molar-refractivity contribution is 9.10. The molecule has 0 saturated carbocycles. The summed E-state index contributed by atoms with van der Waals surface area (Å²) in [4.78, 5) is 14.4. The van der Waals surface area contributed by atoms with Crippen LogP contribution in [0.3, 0.4) is 0 Å². The van der Waals surface area contributed by atoms with Crippen molar-refractivity contribution in [3.8, 4) is 5.75 Å². The predicted octanol–water partition coefficient (Wildman–Crippen LogP) is 4.30. The number of amides is 1. The molecular formula is C22H20BrNO3. The number of rotatable bonds is 2. The lowest BCUT2D eigenvalue weighted by Gasteiger charge is -2.33. The molecule has 0 aromatic heterocycles. The summed E-state index contributed by atoms with van der Waals surface area (Å²) in [6, 6.07) is 10.8. The third-order valence-electron chi connectivity index (χ3n) is 6.10. The Hall–Kier alpha value is -2.11. The average Bonchev–Trinajstić information content (AvgIpc) is 3.05. The van der Waals surface area contributed by atoms with Crippen LogP contribution in [0.1, 0.15) is 29.5 Å². The van der Waals surface area contributed by atoms with Crippen molar-refractivity contribution in [3.63, 3.8) is 0 Å². The number of hydrogen-bond acceptors (Lipinski definition) is 3. The monoisotopic (exact) mass is 425 g/mol. The zero-order valence-corrected chi connectivity index (χ0v) is 16.7. The van der Waals surface area contributed by atoms with Crippen molar-refractivity contribution >= 4 is 43.4 Å². The fraction of sp³-hybridized carbons (Fsp3) is 0.318. The quantitative estimate of drug-likeness (QED) is 0.622. The van der Waals surface area contributed by atoms with Crippen LogP contribution in [-0.2, 0) is 24.4 Å². The lowest BCUT2D eigenvalue weighted by molar-refractivity contribution is -0.129. The molecule has 0 aliphatic carbocycles. The first-order valence-corrected chi connectivity index (χ1v) is 10.0. The van der Waals surface area contributed by atoms with Crippen LogP contribution in [0.2, 0.25) is 0 Å². The fourth-order valence-corrected chi connectivity index (χ4v) is 5.14. The predicted molar refractivity (Wildman–Crippen MR) is 109 cm³/mol. The van der Waals surface area contributed by atoms with Gasteiger partial charge in [-0.2, -0.15) is 0 Å². The van der Waals surface area contributed by atoms with Gasteiger partial charge in [0, 0.05) is 29.0 Å². The van der Waals surface area contributed by atoms with Crippen molar-refractivity contribution < 1.29 is 14.6 Å². The van der Waals surface area contributed by atoms with E-state index < -0.39 is 0 Å². The molecule has 138 valence electrons. The van der Waals surface area contributed by atoms with Gasteiger partial charge < -0.3 is 14.7 Å². The SMILES string of the molecule is COc1cc2c3c(c4ccc(Br)cc4c2cc1CO)C[C@@H]1CCC(=O)N1C3. The van der Waals surface area contributed by atoms with Gasteiger partial charge in [-0.25, -0.2) is 0 Å². The van der Waals surface area contributed by atoms with E-state index in [-0.39, 0.29) is 12.5 Å². The molecule has 0 unspecified atom stereocenters. The Bertz CT molecular complexity index is 1110. The maximum atomic E-state index is 12.3. The molecule has 1 N–H and O–H groups in total. The number of nitrogens with zero attached hydrogens (tertiary/aromatic N) is 1. The van der Waals surface area contributed by atoms with Crippen molar-refractivity contribution in [2.75, 3.05) is 7.11 Å². The van der Waals surface area contributed by atoms with Crippen LogP contribution < -0.4 is 4.74 Å². The second-order valence-electron chi connectivity index (χ2n) is 7.43. The molecule has 3 aromatic carbocycles. The molecule has 2 heterocycles. The first-order valence-electron chi connectivity index (χ1n) is 9.24. The molecular weight excluding hydrogens is 406 g/mol. The third-order valence-corrected chi connectivity index (χ3v) is 6.59. The fourth-order valence-electron chi connectivity index (χ4n) is 4.78. The van der Waals surface area contributed by atoms with E-state index in [4.69, 9.17) is 4.74 Å². The molecule has 5 rings (SSSR count). The number of methoxy groups -OCH3 is 1. The normalized spacial score (nSPS) is 18.9. The minimum absolute atomic E-state index is 0.0711. The highest BCUT2D eigenvalue weighted by Crippen LogP contribution is 2.42. The standard InChI is InChI=1S/C22H20BrNO3/c1-27-21-9-19-16(6-12(21)11-25)17-7-13(23)2-4-15(17)18-8-14-3-5-22(26)24(14)10-20(18)19/h2,4,6-7,9,14,25H,3,5,8,10-11H2,1H3/t14-/m0/s1. The molecule has 1 atom stereocenters. The van der Waals surface area contributed by atoms with E-state index in [1.54, 1.807) is 7.11 Å². The highest BCUT2D eigenvalue weighted by atomic mass is 79.9. The van der Waals surface area contributed by atoms with Crippen molar-refractivity contribution in [1.29, 1.82) is 0 Å². The van der Waals surface area contributed by atoms with Gasteiger partial charge in [-0.3, -0.25) is 4.79 Å². The van der Waals surface area contributed by atoms with Gasteiger partial charge in [-0.05, 0) is 69.8 Å². The molecule has 4 nitrogen and oxygen atoms in total. The van der Waals surface area contributed by atoms with Gasteiger partial charge in [-0.1, -0.05) is 22.0 Å². The lowest BCUT2D eigenvalue weighted by atomic mass is 9.85. The molecule has 1 saturated heterocycles. The van der Waals surface area contributed by atoms with Crippen molar-refractivity contribution in [2.45, 2.75) is 38.5 Å². The van der Waals surface area contributed by atoms with E-state index >= 15 is 0 Å². The van der Waals surface area contributed by atoms with E-state index in [9.17, 15) is 9.90 Å². The topological polar surface area (TPSA) is 49.8 Å². The van der Waals surface area contributed by atoms with E-state index in [1.165, 1.54) is 21.9 Å². The molecule has 2 aliphatic heterocycles. The van der Waals surface area contributed by atoms with Crippen molar-refractivity contribution in [3.05, 3.63) is 51.5 Å².